The van der Waals surface area contributed by atoms with Crippen molar-refractivity contribution >= 4 is 17.7 Å². The maximum absolute atomic E-state index is 11.0. The van der Waals surface area contributed by atoms with Crippen molar-refractivity contribution in [1.29, 1.82) is 0 Å². The molecule has 21 heavy (non-hydrogen) atoms. The van der Waals surface area contributed by atoms with E-state index in [-0.39, 0.29) is 12.3 Å². The van der Waals surface area contributed by atoms with Crippen LogP contribution in [0.5, 0.6) is 5.75 Å². The molecular formula is C17H22O3S. The van der Waals surface area contributed by atoms with Crippen molar-refractivity contribution < 1.29 is 14.6 Å². The third kappa shape index (κ3) is 4.16. The van der Waals surface area contributed by atoms with Gasteiger partial charge >= 0.3 is 5.97 Å². The smallest absolute Gasteiger partial charge is 0.303 e. The van der Waals surface area contributed by atoms with E-state index >= 15 is 0 Å². The molecule has 1 N–H and O–H groups in total. The topological polar surface area (TPSA) is 46.5 Å². The molecule has 1 heterocycles. The van der Waals surface area contributed by atoms with E-state index in [2.05, 4.69) is 12.1 Å². The number of aliphatic carboxylic acids is 1. The Kier molecular flexibility index (Phi) is 4.73. The molecule has 2 unspecified atom stereocenters. The van der Waals surface area contributed by atoms with Crippen molar-refractivity contribution in [3.8, 4) is 5.75 Å². The van der Waals surface area contributed by atoms with Crippen molar-refractivity contribution in [3.63, 3.8) is 0 Å². The summed E-state index contributed by atoms with van der Waals surface area (Å²) < 4.78 is 6.01. The summed E-state index contributed by atoms with van der Waals surface area (Å²) in [5, 5.41) is 9.07. The van der Waals surface area contributed by atoms with E-state index in [9.17, 15) is 4.79 Å². The van der Waals surface area contributed by atoms with Crippen molar-refractivity contribution in [2.45, 2.75) is 44.1 Å². The van der Waals surface area contributed by atoms with Crippen LogP contribution in [-0.4, -0.2) is 28.7 Å². The van der Waals surface area contributed by atoms with Crippen molar-refractivity contribution in [3.05, 3.63) is 29.8 Å². The molecule has 1 aromatic rings. The second-order valence-electron chi connectivity index (χ2n) is 6.07. The highest BCUT2D eigenvalue weighted by Gasteiger charge is 2.33. The molecule has 4 heteroatoms. The van der Waals surface area contributed by atoms with Crippen LogP contribution in [0.1, 0.15) is 43.6 Å². The highest BCUT2D eigenvalue weighted by atomic mass is 32.2. The first-order valence-corrected chi connectivity index (χ1v) is 8.94. The van der Waals surface area contributed by atoms with E-state index in [1.807, 2.05) is 23.9 Å². The summed E-state index contributed by atoms with van der Waals surface area (Å²) in [4.78, 5) is 11.0. The summed E-state index contributed by atoms with van der Waals surface area (Å²) in [6.07, 6.45) is 5.26. The first kappa shape index (κ1) is 14.8. The number of hydrogen-bond acceptors (Lipinski definition) is 3. The number of thioether (sulfide) groups is 1. The SMILES string of the molecule is O=C(O)CC(c1ccc(OC2CCCSC2)cc1)C1CC1. The Morgan fingerprint density at radius 3 is 2.62 bits per heavy atom. The predicted molar refractivity (Wildman–Crippen MR) is 85.1 cm³/mol. The number of carboxylic acid groups (broad SMARTS) is 1. The Balaban J connectivity index is 1.63. The molecule has 2 fully saturated rings. The molecule has 114 valence electrons. The quantitative estimate of drug-likeness (QED) is 0.865. The third-order valence-electron chi connectivity index (χ3n) is 4.32. The summed E-state index contributed by atoms with van der Waals surface area (Å²) >= 11 is 1.96. The number of benzene rings is 1. The summed E-state index contributed by atoms with van der Waals surface area (Å²) in [6.45, 7) is 0. The third-order valence-corrected chi connectivity index (χ3v) is 5.50. The van der Waals surface area contributed by atoms with Crippen LogP contribution in [0.2, 0.25) is 0 Å². The largest absolute Gasteiger partial charge is 0.490 e. The maximum atomic E-state index is 11.0. The lowest BCUT2D eigenvalue weighted by Crippen LogP contribution is -2.23. The van der Waals surface area contributed by atoms with E-state index in [0.29, 0.717) is 12.0 Å². The van der Waals surface area contributed by atoms with Gasteiger partial charge < -0.3 is 9.84 Å². The van der Waals surface area contributed by atoms with E-state index < -0.39 is 5.97 Å². The first-order chi connectivity index (χ1) is 10.2. The second-order valence-corrected chi connectivity index (χ2v) is 7.22. The van der Waals surface area contributed by atoms with Gasteiger partial charge in [-0.1, -0.05) is 12.1 Å². The lowest BCUT2D eigenvalue weighted by atomic mass is 9.91. The summed E-state index contributed by atoms with van der Waals surface area (Å²) in [7, 11) is 0. The Bertz CT molecular complexity index is 475. The van der Waals surface area contributed by atoms with Gasteiger partial charge in [0.15, 0.2) is 0 Å². The predicted octanol–water partition coefficient (Wildman–Crippen LogP) is 3.93. The maximum Gasteiger partial charge on any atom is 0.303 e. The van der Waals surface area contributed by atoms with Gasteiger partial charge in [0.2, 0.25) is 0 Å². The van der Waals surface area contributed by atoms with Gasteiger partial charge in [-0.3, -0.25) is 4.79 Å². The zero-order chi connectivity index (χ0) is 14.7. The minimum absolute atomic E-state index is 0.168. The molecular weight excluding hydrogens is 284 g/mol. The number of carbonyl (C=O) groups is 1. The lowest BCUT2D eigenvalue weighted by molar-refractivity contribution is -0.137. The fourth-order valence-electron chi connectivity index (χ4n) is 3.03. The Labute approximate surface area is 130 Å². The molecule has 1 aliphatic heterocycles. The fraction of sp³-hybridized carbons (Fsp3) is 0.588. The van der Waals surface area contributed by atoms with E-state index in [1.165, 1.54) is 12.2 Å². The minimum atomic E-state index is -0.702. The van der Waals surface area contributed by atoms with Gasteiger partial charge in [0.25, 0.3) is 0 Å². The van der Waals surface area contributed by atoms with Gasteiger partial charge in [0, 0.05) is 5.75 Å². The molecule has 1 saturated carbocycles. The van der Waals surface area contributed by atoms with E-state index in [1.54, 1.807) is 0 Å². The summed E-state index contributed by atoms with van der Waals surface area (Å²) in [6, 6.07) is 8.12. The van der Waals surface area contributed by atoms with Crippen LogP contribution in [0.25, 0.3) is 0 Å². The van der Waals surface area contributed by atoms with Gasteiger partial charge in [-0.25, -0.2) is 0 Å². The highest BCUT2D eigenvalue weighted by Crippen LogP contribution is 2.44. The Morgan fingerprint density at radius 2 is 2.05 bits per heavy atom. The average molecular weight is 306 g/mol. The number of ether oxygens (including phenoxy) is 1. The van der Waals surface area contributed by atoms with Gasteiger partial charge in [-0.15, -0.1) is 0 Å². The molecule has 1 saturated heterocycles. The molecule has 0 amide bonds. The standard InChI is InChI=1S/C17H22O3S/c18-17(19)10-16(12-3-4-12)13-5-7-14(8-6-13)20-15-2-1-9-21-11-15/h5-8,12,15-16H,1-4,9-11H2,(H,18,19). The summed E-state index contributed by atoms with van der Waals surface area (Å²) in [5.41, 5.74) is 1.14. The van der Waals surface area contributed by atoms with Crippen molar-refractivity contribution in [2.24, 2.45) is 5.92 Å². The van der Waals surface area contributed by atoms with E-state index in [0.717, 1.165) is 36.3 Å². The molecule has 0 spiro atoms. The van der Waals surface area contributed by atoms with Gasteiger partial charge in [0.05, 0.1) is 6.42 Å². The van der Waals surface area contributed by atoms with Crippen molar-refractivity contribution in [1.82, 2.24) is 0 Å². The van der Waals surface area contributed by atoms with Gasteiger partial charge in [-0.2, -0.15) is 11.8 Å². The van der Waals surface area contributed by atoms with Crippen LogP contribution in [0, 0.1) is 5.92 Å². The Hall–Kier alpha value is -1.16. The second kappa shape index (κ2) is 6.73. The average Bonchev–Trinajstić information content (AvgIpc) is 3.31. The molecule has 0 aromatic heterocycles. The molecule has 0 radical (unpaired) electrons. The van der Waals surface area contributed by atoms with Crippen LogP contribution < -0.4 is 4.74 Å². The summed E-state index contributed by atoms with van der Waals surface area (Å²) in [5.74, 6) is 3.26. The minimum Gasteiger partial charge on any atom is -0.490 e. The van der Waals surface area contributed by atoms with E-state index in [4.69, 9.17) is 9.84 Å². The van der Waals surface area contributed by atoms with Crippen LogP contribution in [0.15, 0.2) is 24.3 Å². The first-order valence-electron chi connectivity index (χ1n) is 7.78. The molecule has 1 aliphatic carbocycles. The fourth-order valence-corrected chi connectivity index (χ4v) is 4.07. The zero-order valence-corrected chi connectivity index (χ0v) is 13.0. The van der Waals surface area contributed by atoms with Crippen LogP contribution in [-0.2, 0) is 4.79 Å². The molecule has 2 atom stereocenters. The van der Waals surface area contributed by atoms with Crippen molar-refractivity contribution in [2.75, 3.05) is 11.5 Å². The number of carboxylic acids is 1. The monoisotopic (exact) mass is 306 g/mol. The zero-order valence-electron chi connectivity index (χ0n) is 12.2. The lowest BCUT2D eigenvalue weighted by Gasteiger charge is -2.23. The normalized spacial score (nSPS) is 23.5. The molecule has 3 nitrogen and oxygen atoms in total. The van der Waals surface area contributed by atoms with Gasteiger partial charge in [0.1, 0.15) is 11.9 Å². The van der Waals surface area contributed by atoms with Crippen LogP contribution >= 0.6 is 11.8 Å². The van der Waals surface area contributed by atoms with Gasteiger partial charge in [-0.05, 0) is 61.0 Å². The molecule has 3 rings (SSSR count). The van der Waals surface area contributed by atoms with Crippen LogP contribution in [0.3, 0.4) is 0 Å². The highest BCUT2D eigenvalue weighted by molar-refractivity contribution is 7.99. The Morgan fingerprint density at radius 1 is 1.29 bits per heavy atom. The molecule has 1 aromatic carbocycles. The number of rotatable bonds is 6. The molecule has 0 bridgehead atoms. The van der Waals surface area contributed by atoms with Crippen LogP contribution in [0.4, 0.5) is 0 Å². The molecule has 2 aliphatic rings. The number of hydrogen-bond donors (Lipinski definition) is 1.